The summed E-state index contributed by atoms with van der Waals surface area (Å²) in [5.41, 5.74) is -0.329. The van der Waals surface area contributed by atoms with Crippen LogP contribution in [-0.4, -0.2) is 67.6 Å². The van der Waals surface area contributed by atoms with Gasteiger partial charge in [0.2, 0.25) is 11.8 Å². The van der Waals surface area contributed by atoms with Crippen LogP contribution in [0.25, 0.3) is 0 Å². The van der Waals surface area contributed by atoms with Crippen molar-refractivity contribution in [2.45, 2.75) is 51.9 Å². The molecule has 6 nitrogen and oxygen atoms in total. The first-order valence-corrected chi connectivity index (χ1v) is 11.5. The van der Waals surface area contributed by atoms with E-state index in [9.17, 15) is 14.0 Å². The number of nitrogens with zero attached hydrogens (tertiary/aromatic N) is 2. The third kappa shape index (κ3) is 6.92. The van der Waals surface area contributed by atoms with E-state index in [-0.39, 0.29) is 23.0 Å². The van der Waals surface area contributed by atoms with Gasteiger partial charge in [-0.2, -0.15) is 0 Å². The SMILES string of the molecule is CCCCCC(=O)N1CCC(COc2ccc(F)cc2)(CC(=O)N2CCOCC2)CC1. The zero-order chi connectivity index (χ0) is 22.1. The maximum absolute atomic E-state index is 13.2. The van der Waals surface area contributed by atoms with Gasteiger partial charge in [-0.1, -0.05) is 19.8 Å². The van der Waals surface area contributed by atoms with Crippen molar-refractivity contribution in [2.24, 2.45) is 5.41 Å². The highest BCUT2D eigenvalue weighted by molar-refractivity contribution is 5.78. The first-order chi connectivity index (χ1) is 15.0. The number of piperidine rings is 1. The average molecular weight is 435 g/mol. The number of morpholine rings is 1. The van der Waals surface area contributed by atoms with Crippen LogP contribution in [0.4, 0.5) is 4.39 Å². The molecule has 1 aromatic carbocycles. The second kappa shape index (κ2) is 11.5. The van der Waals surface area contributed by atoms with Gasteiger partial charge in [-0.15, -0.1) is 0 Å². The van der Waals surface area contributed by atoms with Crippen LogP contribution >= 0.6 is 0 Å². The number of halogens is 1. The van der Waals surface area contributed by atoms with Gasteiger partial charge in [-0.25, -0.2) is 4.39 Å². The zero-order valence-corrected chi connectivity index (χ0v) is 18.6. The van der Waals surface area contributed by atoms with E-state index in [2.05, 4.69) is 6.92 Å². The summed E-state index contributed by atoms with van der Waals surface area (Å²) in [4.78, 5) is 29.3. The molecule has 2 heterocycles. The fourth-order valence-electron chi connectivity index (χ4n) is 4.30. The number of rotatable bonds is 9. The highest BCUT2D eigenvalue weighted by atomic mass is 19.1. The second-order valence-corrected chi connectivity index (χ2v) is 8.75. The van der Waals surface area contributed by atoms with Gasteiger partial charge in [0, 0.05) is 44.4 Å². The van der Waals surface area contributed by atoms with Crippen molar-refractivity contribution in [2.75, 3.05) is 46.0 Å². The van der Waals surface area contributed by atoms with Crippen LogP contribution < -0.4 is 4.74 Å². The number of hydrogen-bond donors (Lipinski definition) is 0. The minimum absolute atomic E-state index is 0.119. The van der Waals surface area contributed by atoms with E-state index >= 15 is 0 Å². The van der Waals surface area contributed by atoms with Crippen molar-refractivity contribution in [1.82, 2.24) is 9.80 Å². The Balaban J connectivity index is 1.62. The van der Waals surface area contributed by atoms with E-state index in [1.807, 2.05) is 9.80 Å². The van der Waals surface area contributed by atoms with Gasteiger partial charge in [-0.05, 0) is 43.5 Å². The van der Waals surface area contributed by atoms with Gasteiger partial charge >= 0.3 is 0 Å². The molecule has 0 bridgehead atoms. The van der Waals surface area contributed by atoms with Crippen molar-refractivity contribution >= 4 is 11.8 Å². The van der Waals surface area contributed by atoms with Crippen molar-refractivity contribution < 1.29 is 23.5 Å². The minimum Gasteiger partial charge on any atom is -0.493 e. The van der Waals surface area contributed by atoms with Crippen molar-refractivity contribution in [3.8, 4) is 5.75 Å². The van der Waals surface area contributed by atoms with Gasteiger partial charge in [0.1, 0.15) is 11.6 Å². The molecule has 2 saturated heterocycles. The number of benzene rings is 1. The fourth-order valence-corrected chi connectivity index (χ4v) is 4.30. The maximum atomic E-state index is 13.2. The molecule has 0 spiro atoms. The Hall–Kier alpha value is -2.15. The molecular formula is C24H35FN2O4. The quantitative estimate of drug-likeness (QED) is 0.557. The standard InChI is InChI=1S/C24H35FN2O4/c1-2-3-4-5-22(28)26-12-10-24(11-13-26,18-23(29)27-14-16-30-17-15-27)19-31-21-8-6-20(25)7-9-21/h6-9H,2-5,10-19H2,1H3. The molecule has 7 heteroatoms. The Labute approximate surface area is 184 Å². The first kappa shape index (κ1) is 23.5. The lowest BCUT2D eigenvalue weighted by atomic mass is 9.75. The Morgan fingerprint density at radius 2 is 1.65 bits per heavy atom. The Morgan fingerprint density at radius 1 is 1.00 bits per heavy atom. The van der Waals surface area contributed by atoms with Crippen LogP contribution in [0.3, 0.4) is 0 Å². The number of likely N-dealkylation sites (tertiary alicyclic amines) is 1. The van der Waals surface area contributed by atoms with Gasteiger partial charge < -0.3 is 19.3 Å². The Bertz CT molecular complexity index is 711. The van der Waals surface area contributed by atoms with Gasteiger partial charge in [0.15, 0.2) is 0 Å². The third-order valence-electron chi connectivity index (χ3n) is 6.42. The number of hydrogen-bond acceptors (Lipinski definition) is 4. The third-order valence-corrected chi connectivity index (χ3v) is 6.42. The van der Waals surface area contributed by atoms with Gasteiger partial charge in [0.25, 0.3) is 0 Å². The monoisotopic (exact) mass is 434 g/mol. The lowest BCUT2D eigenvalue weighted by molar-refractivity contribution is -0.141. The smallest absolute Gasteiger partial charge is 0.223 e. The molecule has 0 atom stereocenters. The molecule has 0 unspecified atom stereocenters. The lowest BCUT2D eigenvalue weighted by Crippen LogP contribution is -2.49. The molecule has 1 aromatic rings. The molecule has 0 aromatic heterocycles. The zero-order valence-electron chi connectivity index (χ0n) is 18.6. The van der Waals surface area contributed by atoms with E-state index in [0.717, 1.165) is 32.1 Å². The van der Waals surface area contributed by atoms with E-state index in [0.29, 0.717) is 64.6 Å². The van der Waals surface area contributed by atoms with Crippen LogP contribution in [0.2, 0.25) is 0 Å². The van der Waals surface area contributed by atoms with Crippen LogP contribution in [-0.2, 0) is 14.3 Å². The molecule has 0 radical (unpaired) electrons. The molecule has 0 aliphatic carbocycles. The van der Waals surface area contributed by atoms with Crippen LogP contribution in [0.5, 0.6) is 5.75 Å². The summed E-state index contributed by atoms with van der Waals surface area (Å²) < 4.78 is 24.6. The number of unbranched alkanes of at least 4 members (excludes halogenated alkanes) is 2. The summed E-state index contributed by atoms with van der Waals surface area (Å²) in [5.74, 6) is 0.617. The second-order valence-electron chi connectivity index (χ2n) is 8.75. The first-order valence-electron chi connectivity index (χ1n) is 11.5. The predicted octanol–water partition coefficient (Wildman–Crippen LogP) is 3.64. The van der Waals surface area contributed by atoms with Crippen molar-refractivity contribution in [3.63, 3.8) is 0 Å². The number of carbonyl (C=O) groups excluding carboxylic acids is 2. The van der Waals surface area contributed by atoms with Crippen molar-refractivity contribution in [3.05, 3.63) is 30.1 Å². The summed E-state index contributed by atoms with van der Waals surface area (Å²) >= 11 is 0. The molecule has 0 N–H and O–H groups in total. The maximum Gasteiger partial charge on any atom is 0.223 e. The van der Waals surface area contributed by atoms with Crippen LogP contribution in [0, 0.1) is 11.2 Å². The number of ether oxygens (including phenoxy) is 2. The molecule has 2 fully saturated rings. The van der Waals surface area contributed by atoms with E-state index in [1.54, 1.807) is 12.1 Å². The predicted molar refractivity (Wildman–Crippen MR) is 116 cm³/mol. The number of amides is 2. The summed E-state index contributed by atoms with van der Waals surface area (Å²) in [6.45, 7) is 6.20. The topological polar surface area (TPSA) is 59.1 Å². The largest absolute Gasteiger partial charge is 0.493 e. The number of carbonyl (C=O) groups is 2. The summed E-state index contributed by atoms with van der Waals surface area (Å²) in [6.07, 6.45) is 5.54. The molecule has 3 rings (SSSR count). The van der Waals surface area contributed by atoms with Gasteiger partial charge in [0.05, 0.1) is 19.8 Å². The summed E-state index contributed by atoms with van der Waals surface area (Å²) in [6, 6.07) is 5.97. The average Bonchev–Trinajstić information content (AvgIpc) is 2.80. The Kier molecular flexibility index (Phi) is 8.69. The highest BCUT2D eigenvalue weighted by Gasteiger charge is 2.39. The van der Waals surface area contributed by atoms with E-state index < -0.39 is 0 Å². The normalized spacial score (nSPS) is 18.6. The van der Waals surface area contributed by atoms with Crippen LogP contribution in [0.15, 0.2) is 24.3 Å². The fraction of sp³-hybridized carbons (Fsp3) is 0.667. The molecule has 2 amide bonds. The summed E-state index contributed by atoms with van der Waals surface area (Å²) in [5, 5.41) is 0. The van der Waals surface area contributed by atoms with E-state index in [1.165, 1.54) is 12.1 Å². The highest BCUT2D eigenvalue weighted by Crippen LogP contribution is 2.37. The van der Waals surface area contributed by atoms with Crippen LogP contribution in [0.1, 0.15) is 51.9 Å². The molecule has 2 aliphatic heterocycles. The van der Waals surface area contributed by atoms with Gasteiger partial charge in [-0.3, -0.25) is 9.59 Å². The molecule has 2 aliphatic rings. The van der Waals surface area contributed by atoms with E-state index in [4.69, 9.17) is 9.47 Å². The Morgan fingerprint density at radius 3 is 2.29 bits per heavy atom. The molecule has 31 heavy (non-hydrogen) atoms. The lowest BCUT2D eigenvalue weighted by Gasteiger charge is -2.42. The summed E-state index contributed by atoms with van der Waals surface area (Å²) in [7, 11) is 0. The molecule has 172 valence electrons. The van der Waals surface area contributed by atoms with Crippen molar-refractivity contribution in [1.29, 1.82) is 0 Å². The minimum atomic E-state index is -0.329. The molecular weight excluding hydrogens is 399 g/mol. The molecule has 0 saturated carbocycles.